The van der Waals surface area contributed by atoms with E-state index in [4.69, 9.17) is 9.47 Å². The molecule has 0 saturated carbocycles. The highest BCUT2D eigenvalue weighted by Gasteiger charge is 2.01. The Balaban J connectivity index is 1.69. The van der Waals surface area contributed by atoms with Crippen molar-refractivity contribution in [2.45, 2.75) is 6.42 Å². The second-order valence-corrected chi connectivity index (χ2v) is 5.92. The molecule has 0 atom stereocenters. The Morgan fingerprint density at radius 2 is 1.61 bits per heavy atom. The van der Waals surface area contributed by atoms with Gasteiger partial charge in [-0.2, -0.15) is 0 Å². The number of nitrogens with two attached hydrogens (primary N) is 1. The number of para-hydroxylation sites is 1. The molecule has 0 aliphatic heterocycles. The summed E-state index contributed by atoms with van der Waals surface area (Å²) in [6.07, 6.45) is 1.05. The highest BCUT2D eigenvalue weighted by Crippen LogP contribution is 2.24. The van der Waals surface area contributed by atoms with Crippen LogP contribution in [0, 0.1) is 0 Å². The van der Waals surface area contributed by atoms with Gasteiger partial charge in [0.15, 0.2) is 0 Å². The third-order valence-corrected chi connectivity index (χ3v) is 3.45. The molecule has 0 aliphatic carbocycles. The molecule has 0 amide bonds. The predicted molar refractivity (Wildman–Crippen MR) is 92.4 cm³/mol. The maximum atomic E-state index is 5.81. The molecule has 0 aromatic heterocycles. The number of likely N-dealkylation sites (N-methyl/N-ethyl adjacent to an activating group) is 1. The number of hydrogen-bond acceptors (Lipinski definition) is 2. The molecular weight excluding hydrogens is 288 g/mol. The molecule has 23 heavy (non-hydrogen) atoms. The van der Waals surface area contributed by atoms with Gasteiger partial charge in [-0.3, -0.25) is 0 Å². The van der Waals surface area contributed by atoms with Gasteiger partial charge in [-0.15, -0.1) is 0 Å². The van der Waals surface area contributed by atoms with Crippen LogP contribution in [-0.2, 0) is 0 Å². The van der Waals surface area contributed by atoms with Crippen LogP contribution in [0.25, 0.3) is 0 Å². The summed E-state index contributed by atoms with van der Waals surface area (Å²) in [6, 6.07) is 17.6. The molecular formula is C19H28N2O2+2. The topological polar surface area (TPSA) is 39.5 Å². The highest BCUT2D eigenvalue weighted by atomic mass is 16.5. The molecule has 3 N–H and O–H groups in total. The number of ether oxygens (including phenoxy) is 2. The minimum atomic E-state index is 0.736. The van der Waals surface area contributed by atoms with Crippen molar-refractivity contribution in [3.63, 3.8) is 0 Å². The third kappa shape index (κ3) is 7.17. The van der Waals surface area contributed by atoms with Gasteiger partial charge in [0, 0.05) is 12.5 Å². The standard InChI is InChI=1S/C19H26N2O2/c1-21(2)14-13-20-12-7-15-22-18-10-6-11-19(16-18)23-17-8-4-3-5-9-17/h3-6,8-11,16,20H,7,12-15H2,1-2H3/p+2. The van der Waals surface area contributed by atoms with Crippen LogP contribution in [0.3, 0.4) is 0 Å². The van der Waals surface area contributed by atoms with Crippen molar-refractivity contribution >= 4 is 0 Å². The molecule has 2 rings (SSSR count). The Hall–Kier alpha value is -2.04. The molecule has 0 heterocycles. The van der Waals surface area contributed by atoms with E-state index in [0.717, 1.165) is 36.8 Å². The van der Waals surface area contributed by atoms with E-state index < -0.39 is 0 Å². The van der Waals surface area contributed by atoms with Gasteiger partial charge in [-0.1, -0.05) is 24.3 Å². The van der Waals surface area contributed by atoms with E-state index in [2.05, 4.69) is 19.4 Å². The monoisotopic (exact) mass is 316 g/mol. The maximum absolute atomic E-state index is 5.81. The number of nitrogens with one attached hydrogen (secondary N) is 1. The van der Waals surface area contributed by atoms with Gasteiger partial charge in [0.25, 0.3) is 0 Å². The van der Waals surface area contributed by atoms with Crippen molar-refractivity contribution in [1.29, 1.82) is 0 Å². The fourth-order valence-corrected chi connectivity index (χ4v) is 2.20. The van der Waals surface area contributed by atoms with Crippen molar-refractivity contribution in [1.82, 2.24) is 0 Å². The molecule has 2 aromatic rings. The number of quaternary nitrogens is 2. The Morgan fingerprint density at radius 1 is 0.870 bits per heavy atom. The normalized spacial score (nSPS) is 10.7. The second-order valence-electron chi connectivity index (χ2n) is 5.92. The fraction of sp³-hybridized carbons (Fsp3) is 0.368. The molecule has 0 radical (unpaired) electrons. The Labute approximate surface area is 139 Å². The van der Waals surface area contributed by atoms with E-state index in [1.165, 1.54) is 18.0 Å². The average Bonchev–Trinajstić information content (AvgIpc) is 2.55. The first kappa shape index (κ1) is 17.3. The van der Waals surface area contributed by atoms with E-state index in [1.54, 1.807) is 0 Å². The van der Waals surface area contributed by atoms with Crippen LogP contribution in [0.1, 0.15) is 6.42 Å². The summed E-state index contributed by atoms with van der Waals surface area (Å²) in [4.78, 5) is 1.49. The first-order chi connectivity index (χ1) is 11.2. The minimum Gasteiger partial charge on any atom is -0.493 e. The van der Waals surface area contributed by atoms with E-state index in [-0.39, 0.29) is 0 Å². The van der Waals surface area contributed by atoms with E-state index in [9.17, 15) is 0 Å². The van der Waals surface area contributed by atoms with E-state index in [1.807, 2.05) is 54.6 Å². The van der Waals surface area contributed by atoms with Gasteiger partial charge >= 0.3 is 0 Å². The van der Waals surface area contributed by atoms with Gasteiger partial charge in [-0.25, -0.2) is 0 Å². The van der Waals surface area contributed by atoms with Crippen molar-refractivity contribution in [2.24, 2.45) is 0 Å². The number of rotatable bonds is 10. The largest absolute Gasteiger partial charge is 0.493 e. The van der Waals surface area contributed by atoms with Crippen molar-refractivity contribution in [3.8, 4) is 17.2 Å². The van der Waals surface area contributed by atoms with Crippen LogP contribution in [0.2, 0.25) is 0 Å². The summed E-state index contributed by atoms with van der Waals surface area (Å²) in [6.45, 7) is 4.20. The summed E-state index contributed by atoms with van der Waals surface area (Å²) >= 11 is 0. The number of hydrogen-bond donors (Lipinski definition) is 2. The molecule has 0 bridgehead atoms. The lowest BCUT2D eigenvalue weighted by atomic mass is 10.3. The van der Waals surface area contributed by atoms with Crippen LogP contribution in [0.5, 0.6) is 17.2 Å². The quantitative estimate of drug-likeness (QED) is 0.641. The van der Waals surface area contributed by atoms with Crippen LogP contribution in [-0.4, -0.2) is 40.3 Å². The molecule has 0 saturated heterocycles. The lowest BCUT2D eigenvalue weighted by molar-refractivity contribution is -0.874. The Bertz CT molecular complexity index is 558. The van der Waals surface area contributed by atoms with Crippen LogP contribution in [0.4, 0.5) is 0 Å². The SMILES string of the molecule is C[NH+](C)CC[NH2+]CCCOc1cccc(Oc2ccccc2)c1. The third-order valence-electron chi connectivity index (χ3n) is 3.45. The van der Waals surface area contributed by atoms with Crippen molar-refractivity contribution < 1.29 is 19.7 Å². The van der Waals surface area contributed by atoms with Gasteiger partial charge in [0.1, 0.15) is 30.3 Å². The zero-order valence-electron chi connectivity index (χ0n) is 14.1. The van der Waals surface area contributed by atoms with Gasteiger partial charge in [-0.05, 0) is 24.3 Å². The zero-order chi connectivity index (χ0) is 16.3. The smallest absolute Gasteiger partial charge is 0.131 e. The van der Waals surface area contributed by atoms with Crippen molar-refractivity contribution in [3.05, 3.63) is 54.6 Å². The highest BCUT2D eigenvalue weighted by molar-refractivity contribution is 5.36. The Kier molecular flexibility index (Phi) is 7.43. The second kappa shape index (κ2) is 9.87. The summed E-state index contributed by atoms with van der Waals surface area (Å²) in [5, 5.41) is 2.35. The molecule has 124 valence electrons. The molecule has 4 nitrogen and oxygen atoms in total. The Morgan fingerprint density at radius 3 is 2.39 bits per heavy atom. The van der Waals surface area contributed by atoms with Gasteiger partial charge in [0.05, 0.1) is 27.2 Å². The minimum absolute atomic E-state index is 0.736. The fourth-order valence-electron chi connectivity index (χ4n) is 2.20. The number of benzene rings is 2. The molecule has 0 unspecified atom stereocenters. The summed E-state index contributed by atoms with van der Waals surface area (Å²) in [7, 11) is 4.36. The maximum Gasteiger partial charge on any atom is 0.131 e. The van der Waals surface area contributed by atoms with Gasteiger partial charge in [0.2, 0.25) is 0 Å². The van der Waals surface area contributed by atoms with E-state index in [0.29, 0.717) is 0 Å². The summed E-state index contributed by atoms with van der Waals surface area (Å²) in [5.74, 6) is 2.49. The molecule has 4 heteroatoms. The first-order valence-electron chi connectivity index (χ1n) is 8.30. The van der Waals surface area contributed by atoms with E-state index >= 15 is 0 Å². The lowest BCUT2D eigenvalue weighted by Crippen LogP contribution is -3.09. The average molecular weight is 316 g/mol. The first-order valence-corrected chi connectivity index (χ1v) is 8.30. The predicted octanol–water partition coefficient (Wildman–Crippen LogP) is 0.956. The summed E-state index contributed by atoms with van der Waals surface area (Å²) < 4.78 is 11.6. The molecule has 2 aromatic carbocycles. The zero-order valence-corrected chi connectivity index (χ0v) is 14.1. The molecule has 0 spiro atoms. The molecule has 0 aliphatic rings. The van der Waals surface area contributed by atoms with Gasteiger partial charge < -0.3 is 19.7 Å². The van der Waals surface area contributed by atoms with Crippen LogP contribution < -0.4 is 19.7 Å². The molecule has 0 fully saturated rings. The van der Waals surface area contributed by atoms with Crippen molar-refractivity contribution in [2.75, 3.05) is 40.3 Å². The lowest BCUT2D eigenvalue weighted by Gasteiger charge is -2.09. The van der Waals surface area contributed by atoms with Crippen LogP contribution in [0.15, 0.2) is 54.6 Å². The van der Waals surface area contributed by atoms with Crippen LogP contribution >= 0.6 is 0 Å². The summed E-state index contributed by atoms with van der Waals surface area (Å²) in [5.41, 5.74) is 0.